The molecule has 3 rings (SSSR count). The molecule has 9 nitrogen and oxygen atoms in total. The molecule has 43 heavy (non-hydrogen) atoms. The van der Waals surface area contributed by atoms with Gasteiger partial charge in [-0.2, -0.15) is 12.6 Å². The zero-order chi connectivity index (χ0) is 31.4. The fourth-order valence-electron chi connectivity index (χ4n) is 6.73. The van der Waals surface area contributed by atoms with Gasteiger partial charge >= 0.3 is 12.1 Å². The quantitative estimate of drug-likeness (QED) is 0.127. The molecule has 0 unspecified atom stereocenters. The van der Waals surface area contributed by atoms with Crippen molar-refractivity contribution in [1.82, 2.24) is 10.2 Å². The number of nitrogens with one attached hydrogen (secondary N) is 1. The highest BCUT2D eigenvalue weighted by atomic mass is 32.1. The van der Waals surface area contributed by atoms with Gasteiger partial charge in [-0.1, -0.05) is 38.3 Å². The number of unbranched alkanes of at least 4 members (excludes halogenated alkanes) is 2. The number of aliphatic hydroxyl groups is 1. The predicted molar refractivity (Wildman–Crippen MR) is 170 cm³/mol. The molecule has 242 valence electrons. The second kappa shape index (κ2) is 17.9. The lowest BCUT2D eigenvalue weighted by Crippen LogP contribution is -2.42. The van der Waals surface area contributed by atoms with Gasteiger partial charge in [0.05, 0.1) is 12.1 Å². The highest BCUT2D eigenvalue weighted by molar-refractivity contribution is 7.80. The van der Waals surface area contributed by atoms with Gasteiger partial charge in [-0.25, -0.2) is 9.59 Å². The maximum Gasteiger partial charge on any atom is 0.410 e. The zero-order valence-corrected chi connectivity index (χ0v) is 27.0. The number of hydrogen-bond acceptors (Lipinski definition) is 8. The van der Waals surface area contributed by atoms with Crippen LogP contribution in [-0.4, -0.2) is 83.7 Å². The standard InChI is InChI=1S/C33H52N2O7S/c1-4-5-6-10-25(36)13-14-26-27-18-23-9-7-12-30(41-21-32(38)39)28(23)19-24(27)20-31(26)42-33(40)35(3)22(2)29(37)11-8-15-34-16-17-43/h7,9,12,22,24-27,31,34,36,43H,4-6,8,10-11,13-21H2,1-3H3,(H,38,39)/t22-,24+,25+,26-,27+,31-/m1/s1. The maximum absolute atomic E-state index is 13.4. The summed E-state index contributed by atoms with van der Waals surface area (Å²) in [7, 11) is 1.63. The van der Waals surface area contributed by atoms with Crippen LogP contribution in [-0.2, 0) is 27.2 Å². The smallest absolute Gasteiger partial charge is 0.410 e. The number of carbonyl (C=O) groups is 3. The number of ether oxygens (including phenoxy) is 2. The summed E-state index contributed by atoms with van der Waals surface area (Å²) >= 11 is 4.17. The summed E-state index contributed by atoms with van der Waals surface area (Å²) in [6.07, 6.45) is 7.51. The van der Waals surface area contributed by atoms with Gasteiger partial charge in [-0.05, 0) is 93.4 Å². The molecule has 0 radical (unpaired) electrons. The normalized spacial score (nSPS) is 22.3. The molecule has 0 aromatic heterocycles. The molecule has 0 heterocycles. The van der Waals surface area contributed by atoms with Gasteiger partial charge in [0.2, 0.25) is 0 Å². The van der Waals surface area contributed by atoms with Crippen LogP contribution in [0.4, 0.5) is 4.79 Å². The highest BCUT2D eigenvalue weighted by Crippen LogP contribution is 2.49. The molecule has 1 aromatic carbocycles. The Morgan fingerprint density at radius 1 is 1.14 bits per heavy atom. The molecule has 1 fully saturated rings. The number of nitrogens with zero attached hydrogens (tertiary/aromatic N) is 1. The Morgan fingerprint density at radius 2 is 1.93 bits per heavy atom. The van der Waals surface area contributed by atoms with Crippen molar-refractivity contribution in [2.24, 2.45) is 17.8 Å². The predicted octanol–water partition coefficient (Wildman–Crippen LogP) is 4.92. The van der Waals surface area contributed by atoms with E-state index in [1.807, 2.05) is 12.1 Å². The van der Waals surface area contributed by atoms with E-state index in [0.717, 1.165) is 74.9 Å². The monoisotopic (exact) mass is 620 g/mol. The van der Waals surface area contributed by atoms with Crippen molar-refractivity contribution in [2.75, 3.05) is 32.5 Å². The minimum Gasteiger partial charge on any atom is -0.482 e. The largest absolute Gasteiger partial charge is 0.482 e. The Kier molecular flexibility index (Phi) is 14.6. The van der Waals surface area contributed by atoms with Crippen molar-refractivity contribution >= 4 is 30.5 Å². The first-order chi connectivity index (χ1) is 20.7. The number of rotatable bonds is 19. The van der Waals surface area contributed by atoms with Crippen LogP contribution in [0.5, 0.6) is 5.75 Å². The molecule has 0 aliphatic heterocycles. The first-order valence-electron chi connectivity index (χ1n) is 16.1. The van der Waals surface area contributed by atoms with Crippen molar-refractivity contribution in [2.45, 2.75) is 103 Å². The number of fused-ring (bicyclic) bond motifs is 2. The molecule has 1 saturated carbocycles. The second-order valence-corrected chi connectivity index (χ2v) is 12.7. The second-order valence-electron chi connectivity index (χ2n) is 12.3. The molecule has 2 aliphatic rings. The number of Topliss-reactive ketones (excluding diaryl/α,β-unsaturated/α-hetero) is 1. The molecule has 0 bridgehead atoms. The van der Waals surface area contributed by atoms with Crippen molar-refractivity contribution in [3.63, 3.8) is 0 Å². The van der Waals surface area contributed by atoms with Gasteiger partial charge < -0.3 is 29.9 Å². The van der Waals surface area contributed by atoms with E-state index in [0.29, 0.717) is 31.4 Å². The third-order valence-electron chi connectivity index (χ3n) is 9.30. The van der Waals surface area contributed by atoms with Gasteiger partial charge in [0.25, 0.3) is 0 Å². The van der Waals surface area contributed by atoms with E-state index < -0.39 is 24.7 Å². The topological polar surface area (TPSA) is 125 Å². The summed E-state index contributed by atoms with van der Waals surface area (Å²) in [5, 5.41) is 23.1. The lowest BCUT2D eigenvalue weighted by Gasteiger charge is -2.33. The number of thiol groups is 1. The Balaban J connectivity index is 1.69. The van der Waals surface area contributed by atoms with Gasteiger partial charge in [0, 0.05) is 25.8 Å². The minimum absolute atomic E-state index is 0.00306. The van der Waals surface area contributed by atoms with Crippen LogP contribution >= 0.6 is 12.6 Å². The number of hydrogen-bond donors (Lipinski definition) is 4. The Hall–Kier alpha value is -2.30. The average molecular weight is 621 g/mol. The lowest BCUT2D eigenvalue weighted by atomic mass is 9.73. The molecule has 2 aliphatic carbocycles. The maximum atomic E-state index is 13.4. The van der Waals surface area contributed by atoms with Gasteiger partial charge in [-0.15, -0.1) is 0 Å². The fraction of sp³-hybridized carbons (Fsp3) is 0.727. The molecule has 10 heteroatoms. The third-order valence-corrected chi connectivity index (χ3v) is 9.52. The van der Waals surface area contributed by atoms with E-state index in [9.17, 15) is 19.5 Å². The zero-order valence-electron chi connectivity index (χ0n) is 26.1. The van der Waals surface area contributed by atoms with E-state index >= 15 is 0 Å². The van der Waals surface area contributed by atoms with E-state index in [1.165, 1.54) is 4.90 Å². The SMILES string of the molecule is CCCCC[C@H](O)CC[C@@H]1[C@H]2Cc3cccc(OCC(=O)O)c3C[C@H]2C[C@H]1OC(=O)N(C)[C@H](C)C(=O)CCCNCCS. The van der Waals surface area contributed by atoms with Crippen molar-refractivity contribution in [3.05, 3.63) is 29.3 Å². The van der Waals surface area contributed by atoms with E-state index in [1.54, 1.807) is 14.0 Å². The number of likely N-dealkylation sites (N-methyl/N-ethyl adjacent to an activating group) is 1. The first kappa shape index (κ1) is 35.2. The fourth-order valence-corrected chi connectivity index (χ4v) is 6.89. The number of aliphatic hydroxyl groups excluding tert-OH is 1. The van der Waals surface area contributed by atoms with Crippen molar-refractivity contribution in [3.8, 4) is 5.75 Å². The van der Waals surface area contributed by atoms with Crippen LogP contribution in [0.15, 0.2) is 18.2 Å². The number of benzene rings is 1. The summed E-state index contributed by atoms with van der Waals surface area (Å²) in [4.78, 5) is 38.7. The van der Waals surface area contributed by atoms with E-state index in [-0.39, 0.29) is 35.7 Å². The summed E-state index contributed by atoms with van der Waals surface area (Å²) < 4.78 is 11.8. The van der Waals surface area contributed by atoms with Crippen LogP contribution in [0, 0.1) is 17.8 Å². The number of aliphatic carboxylic acids is 1. The highest BCUT2D eigenvalue weighted by Gasteiger charge is 2.47. The van der Waals surface area contributed by atoms with Crippen LogP contribution in [0.3, 0.4) is 0 Å². The summed E-state index contributed by atoms with van der Waals surface area (Å²) in [6.45, 7) is 5.03. The summed E-state index contributed by atoms with van der Waals surface area (Å²) in [5.41, 5.74) is 2.18. The molecule has 1 amide bonds. The molecule has 1 aromatic rings. The van der Waals surface area contributed by atoms with Gasteiger partial charge in [0.15, 0.2) is 12.4 Å². The number of carboxylic acid groups (broad SMARTS) is 1. The number of carbonyl (C=O) groups excluding carboxylic acids is 2. The molecule has 6 atom stereocenters. The van der Waals surface area contributed by atoms with Crippen molar-refractivity contribution in [1.29, 1.82) is 0 Å². The number of amides is 1. The minimum atomic E-state index is -1.02. The van der Waals surface area contributed by atoms with E-state index in [4.69, 9.17) is 14.6 Å². The molecular formula is C33H52N2O7S. The number of ketones is 1. The molecule has 0 spiro atoms. The molecule has 3 N–H and O–H groups in total. The Morgan fingerprint density at radius 3 is 2.65 bits per heavy atom. The Labute approximate surface area is 262 Å². The molecule has 0 saturated heterocycles. The van der Waals surface area contributed by atoms with E-state index in [2.05, 4.69) is 30.9 Å². The van der Waals surface area contributed by atoms with Crippen LogP contribution in [0.1, 0.15) is 82.8 Å². The van der Waals surface area contributed by atoms with Crippen LogP contribution < -0.4 is 10.1 Å². The summed E-state index contributed by atoms with van der Waals surface area (Å²) in [5.74, 6) is 0.945. The van der Waals surface area contributed by atoms with Crippen molar-refractivity contribution < 1.29 is 34.1 Å². The van der Waals surface area contributed by atoms with Gasteiger partial charge in [-0.3, -0.25) is 4.79 Å². The first-order valence-corrected chi connectivity index (χ1v) is 16.7. The lowest BCUT2D eigenvalue weighted by molar-refractivity contribution is -0.139. The van der Waals surface area contributed by atoms with Crippen LogP contribution in [0.25, 0.3) is 0 Å². The average Bonchev–Trinajstić information content (AvgIpc) is 3.32. The number of carboxylic acids is 1. The Bertz CT molecular complexity index is 1050. The summed E-state index contributed by atoms with van der Waals surface area (Å²) in [6, 6.07) is 5.21. The molecular weight excluding hydrogens is 568 g/mol. The van der Waals surface area contributed by atoms with Gasteiger partial charge in [0.1, 0.15) is 11.9 Å². The third kappa shape index (κ3) is 10.4. The van der Waals surface area contributed by atoms with Crippen LogP contribution in [0.2, 0.25) is 0 Å².